The van der Waals surface area contributed by atoms with Crippen molar-refractivity contribution < 1.29 is 0 Å². The van der Waals surface area contributed by atoms with Gasteiger partial charge in [0, 0.05) is 19.3 Å². The van der Waals surface area contributed by atoms with Crippen LogP contribution in [0.1, 0.15) is 11.3 Å². The van der Waals surface area contributed by atoms with Gasteiger partial charge in [-0.3, -0.25) is 4.98 Å². The predicted octanol–water partition coefficient (Wildman–Crippen LogP) is 5.19. The van der Waals surface area contributed by atoms with E-state index < -0.39 is 7.92 Å². The second-order valence-electron chi connectivity index (χ2n) is 7.97. The molecule has 0 bridgehead atoms. The van der Waals surface area contributed by atoms with E-state index in [1.165, 1.54) is 21.5 Å². The average Bonchev–Trinajstić information content (AvgIpc) is 2.92. The van der Waals surface area contributed by atoms with Crippen LogP contribution in [-0.2, 0) is 13.1 Å². The molecule has 166 valence electrons. The fourth-order valence-corrected chi connectivity index (χ4v) is 6.49. The van der Waals surface area contributed by atoms with E-state index in [9.17, 15) is 0 Å². The SMILES string of the molecule is c1ccc(P(c2ccccc2)c2ccccc2CNCc2cccc(-c3ccccn3)n2)cc1. The molecule has 0 radical (unpaired) electrons. The zero-order chi connectivity index (χ0) is 23.0. The summed E-state index contributed by atoms with van der Waals surface area (Å²) in [5, 5.41) is 7.73. The second kappa shape index (κ2) is 11.0. The molecule has 2 aromatic heterocycles. The van der Waals surface area contributed by atoms with Gasteiger partial charge < -0.3 is 5.32 Å². The lowest BCUT2D eigenvalue weighted by Gasteiger charge is -2.22. The van der Waals surface area contributed by atoms with E-state index in [4.69, 9.17) is 4.98 Å². The van der Waals surface area contributed by atoms with Gasteiger partial charge in [-0.1, -0.05) is 97.1 Å². The predicted molar refractivity (Wildman–Crippen MR) is 143 cm³/mol. The third-order valence-electron chi connectivity index (χ3n) is 5.62. The molecule has 4 heteroatoms. The molecule has 0 amide bonds. The molecule has 1 N–H and O–H groups in total. The van der Waals surface area contributed by atoms with E-state index in [-0.39, 0.29) is 0 Å². The van der Waals surface area contributed by atoms with Gasteiger partial charge in [0.05, 0.1) is 17.1 Å². The zero-order valence-corrected chi connectivity index (χ0v) is 19.8. The fraction of sp³-hybridized carbons (Fsp3) is 0.0667. The number of hydrogen-bond donors (Lipinski definition) is 1. The highest BCUT2D eigenvalue weighted by Crippen LogP contribution is 2.34. The number of benzene rings is 3. The summed E-state index contributed by atoms with van der Waals surface area (Å²) in [5.41, 5.74) is 4.12. The van der Waals surface area contributed by atoms with Crippen molar-refractivity contribution in [2.24, 2.45) is 0 Å². The van der Waals surface area contributed by atoms with Crippen LogP contribution in [0.15, 0.2) is 128 Å². The molecule has 5 rings (SSSR count). The van der Waals surface area contributed by atoms with Gasteiger partial charge in [0.1, 0.15) is 0 Å². The fourth-order valence-electron chi connectivity index (χ4n) is 4.02. The molecule has 0 aliphatic heterocycles. The van der Waals surface area contributed by atoms with Crippen molar-refractivity contribution in [3.8, 4) is 11.4 Å². The molecule has 0 saturated heterocycles. The lowest BCUT2D eigenvalue weighted by molar-refractivity contribution is 0.682. The van der Waals surface area contributed by atoms with Crippen molar-refractivity contribution in [2.45, 2.75) is 13.1 Å². The first-order valence-electron chi connectivity index (χ1n) is 11.4. The highest BCUT2D eigenvalue weighted by atomic mass is 31.1. The van der Waals surface area contributed by atoms with Gasteiger partial charge in [-0.25, -0.2) is 4.98 Å². The Hall–Kier alpha value is -3.65. The highest BCUT2D eigenvalue weighted by Gasteiger charge is 2.18. The number of aromatic nitrogens is 2. The number of nitrogens with zero attached hydrogens (tertiary/aromatic N) is 2. The number of hydrogen-bond acceptors (Lipinski definition) is 3. The van der Waals surface area contributed by atoms with Crippen molar-refractivity contribution in [1.82, 2.24) is 15.3 Å². The largest absolute Gasteiger partial charge is 0.307 e. The Bertz CT molecular complexity index is 1290. The minimum atomic E-state index is -0.637. The molecule has 0 aliphatic rings. The lowest BCUT2D eigenvalue weighted by atomic mass is 10.2. The monoisotopic (exact) mass is 459 g/mol. The Morgan fingerprint density at radius 2 is 1.21 bits per heavy atom. The van der Waals surface area contributed by atoms with Crippen LogP contribution >= 0.6 is 7.92 Å². The Labute approximate surface area is 202 Å². The van der Waals surface area contributed by atoms with Crippen molar-refractivity contribution in [3.05, 3.63) is 139 Å². The third kappa shape index (κ3) is 5.28. The zero-order valence-electron chi connectivity index (χ0n) is 18.9. The van der Waals surface area contributed by atoms with Crippen LogP contribution in [0.4, 0.5) is 0 Å². The highest BCUT2D eigenvalue weighted by molar-refractivity contribution is 7.79. The van der Waals surface area contributed by atoms with Crippen molar-refractivity contribution >= 4 is 23.8 Å². The van der Waals surface area contributed by atoms with Gasteiger partial charge in [0.25, 0.3) is 0 Å². The normalized spacial score (nSPS) is 11.0. The lowest BCUT2D eigenvalue weighted by Crippen LogP contribution is -2.26. The molecule has 0 atom stereocenters. The van der Waals surface area contributed by atoms with Crippen LogP contribution in [0.2, 0.25) is 0 Å². The van der Waals surface area contributed by atoms with Gasteiger partial charge in [0.15, 0.2) is 0 Å². The van der Waals surface area contributed by atoms with Crippen LogP contribution in [-0.4, -0.2) is 9.97 Å². The van der Waals surface area contributed by atoms with E-state index in [0.717, 1.165) is 23.6 Å². The van der Waals surface area contributed by atoms with Gasteiger partial charge in [-0.2, -0.15) is 0 Å². The first kappa shape index (κ1) is 22.2. The van der Waals surface area contributed by atoms with Crippen molar-refractivity contribution in [1.29, 1.82) is 0 Å². The molecule has 5 aromatic rings. The first-order chi connectivity index (χ1) is 16.9. The van der Waals surface area contributed by atoms with Crippen LogP contribution < -0.4 is 21.2 Å². The summed E-state index contributed by atoms with van der Waals surface area (Å²) >= 11 is 0. The summed E-state index contributed by atoms with van der Waals surface area (Å²) in [7, 11) is -0.637. The molecule has 3 nitrogen and oxygen atoms in total. The van der Waals surface area contributed by atoms with Crippen LogP contribution in [0.5, 0.6) is 0 Å². The van der Waals surface area contributed by atoms with E-state index in [1.807, 2.05) is 30.3 Å². The van der Waals surface area contributed by atoms with Crippen LogP contribution in [0.25, 0.3) is 11.4 Å². The second-order valence-corrected chi connectivity index (χ2v) is 10.2. The summed E-state index contributed by atoms with van der Waals surface area (Å²) in [6, 6.07) is 42.5. The van der Waals surface area contributed by atoms with E-state index in [0.29, 0.717) is 6.54 Å². The topological polar surface area (TPSA) is 37.8 Å². The van der Waals surface area contributed by atoms with Gasteiger partial charge in [-0.05, 0) is 53.7 Å². The number of pyridine rings is 2. The van der Waals surface area contributed by atoms with E-state index in [1.54, 1.807) is 6.20 Å². The van der Waals surface area contributed by atoms with E-state index >= 15 is 0 Å². The van der Waals surface area contributed by atoms with Crippen LogP contribution in [0.3, 0.4) is 0 Å². The maximum Gasteiger partial charge on any atom is 0.0890 e. The van der Waals surface area contributed by atoms with Gasteiger partial charge in [-0.15, -0.1) is 0 Å². The molecular formula is C30H26N3P. The van der Waals surface area contributed by atoms with Gasteiger partial charge >= 0.3 is 0 Å². The molecule has 0 saturated carbocycles. The molecule has 0 aliphatic carbocycles. The number of rotatable bonds is 8. The summed E-state index contributed by atoms with van der Waals surface area (Å²) < 4.78 is 0. The summed E-state index contributed by atoms with van der Waals surface area (Å²) in [4.78, 5) is 9.23. The molecule has 0 unspecified atom stereocenters. The quantitative estimate of drug-likeness (QED) is 0.325. The smallest absolute Gasteiger partial charge is 0.0890 e. The maximum atomic E-state index is 4.81. The van der Waals surface area contributed by atoms with Gasteiger partial charge in [0.2, 0.25) is 0 Å². The average molecular weight is 460 g/mol. The Balaban J connectivity index is 1.37. The Morgan fingerprint density at radius 3 is 1.91 bits per heavy atom. The molecule has 34 heavy (non-hydrogen) atoms. The van der Waals surface area contributed by atoms with Crippen molar-refractivity contribution in [2.75, 3.05) is 0 Å². The maximum absolute atomic E-state index is 4.81. The molecule has 0 spiro atoms. The minimum absolute atomic E-state index is 0.637. The summed E-state index contributed by atoms with van der Waals surface area (Å²) in [5.74, 6) is 0. The summed E-state index contributed by atoms with van der Waals surface area (Å²) in [6.45, 7) is 1.48. The van der Waals surface area contributed by atoms with Crippen molar-refractivity contribution in [3.63, 3.8) is 0 Å². The molecule has 3 aromatic carbocycles. The first-order valence-corrected chi connectivity index (χ1v) is 12.8. The van der Waals surface area contributed by atoms with E-state index in [2.05, 4.69) is 101 Å². The Kier molecular flexibility index (Phi) is 7.16. The molecule has 2 heterocycles. The summed E-state index contributed by atoms with van der Waals surface area (Å²) in [6.07, 6.45) is 1.80. The Morgan fingerprint density at radius 1 is 0.559 bits per heavy atom. The van der Waals surface area contributed by atoms with Crippen LogP contribution in [0, 0.1) is 0 Å². The molecular weight excluding hydrogens is 433 g/mol. The molecule has 0 fully saturated rings. The number of nitrogens with one attached hydrogen (secondary N) is 1. The standard InChI is InChI=1S/C30H26N3P/c1-3-14-26(15-4-1)34(27-16-5-2-6-17-27)30-20-8-7-12-24(30)22-31-23-25-13-11-19-29(33-25)28-18-9-10-21-32-28/h1-21,31H,22-23H2. The third-order valence-corrected chi connectivity index (χ3v) is 8.16. The minimum Gasteiger partial charge on any atom is -0.307 e.